The van der Waals surface area contributed by atoms with Gasteiger partial charge in [0.15, 0.2) is 11.5 Å². The van der Waals surface area contributed by atoms with Gasteiger partial charge in [0, 0.05) is 6.54 Å². The van der Waals surface area contributed by atoms with Crippen molar-refractivity contribution in [3.8, 4) is 11.5 Å². The first-order chi connectivity index (χ1) is 10.7. The molecule has 0 spiro atoms. The standard InChI is InChI=1S/C17H29NO4S/c1-17(2,3)10-6-12-23(19,20)18-11-9-14-7-8-15(21-4)16(13-14)22-5/h7-8,13,18H,6,9-12H2,1-5H3. The van der Waals surface area contributed by atoms with Crippen molar-refractivity contribution < 1.29 is 17.9 Å². The average Bonchev–Trinajstić information content (AvgIpc) is 2.45. The highest BCUT2D eigenvalue weighted by Crippen LogP contribution is 2.27. The van der Waals surface area contributed by atoms with E-state index in [1.807, 2.05) is 18.2 Å². The zero-order valence-electron chi connectivity index (χ0n) is 14.8. The van der Waals surface area contributed by atoms with Gasteiger partial charge >= 0.3 is 0 Å². The van der Waals surface area contributed by atoms with E-state index >= 15 is 0 Å². The molecule has 23 heavy (non-hydrogen) atoms. The Bertz CT molecular complexity index is 591. The third-order valence-electron chi connectivity index (χ3n) is 3.52. The van der Waals surface area contributed by atoms with Crippen molar-refractivity contribution in [3.05, 3.63) is 23.8 Å². The first-order valence-electron chi connectivity index (χ1n) is 7.85. The summed E-state index contributed by atoms with van der Waals surface area (Å²) in [6.07, 6.45) is 2.18. The number of ether oxygens (including phenoxy) is 2. The second-order valence-corrected chi connectivity index (χ2v) is 8.74. The Morgan fingerprint density at radius 1 is 1.09 bits per heavy atom. The highest BCUT2D eigenvalue weighted by molar-refractivity contribution is 7.89. The van der Waals surface area contributed by atoms with Crippen LogP contribution in [-0.2, 0) is 16.4 Å². The van der Waals surface area contributed by atoms with Gasteiger partial charge in [0.05, 0.1) is 20.0 Å². The van der Waals surface area contributed by atoms with Gasteiger partial charge in [-0.15, -0.1) is 0 Å². The van der Waals surface area contributed by atoms with Crippen LogP contribution >= 0.6 is 0 Å². The third-order valence-corrected chi connectivity index (χ3v) is 4.99. The lowest BCUT2D eigenvalue weighted by molar-refractivity contribution is 0.354. The summed E-state index contributed by atoms with van der Waals surface area (Å²) < 4.78 is 37.0. The molecule has 132 valence electrons. The minimum Gasteiger partial charge on any atom is -0.493 e. The molecule has 0 saturated heterocycles. The maximum atomic E-state index is 12.0. The maximum absolute atomic E-state index is 12.0. The average molecular weight is 343 g/mol. The zero-order valence-corrected chi connectivity index (χ0v) is 15.6. The van der Waals surface area contributed by atoms with Gasteiger partial charge in [-0.2, -0.15) is 0 Å². The molecule has 5 nitrogen and oxygen atoms in total. The zero-order chi connectivity index (χ0) is 17.5. The molecule has 0 amide bonds. The summed E-state index contributed by atoms with van der Waals surface area (Å²) in [4.78, 5) is 0. The van der Waals surface area contributed by atoms with Crippen LogP contribution in [0.25, 0.3) is 0 Å². The Morgan fingerprint density at radius 3 is 2.30 bits per heavy atom. The van der Waals surface area contributed by atoms with Crippen LogP contribution in [0.5, 0.6) is 11.5 Å². The molecule has 0 unspecified atom stereocenters. The Balaban J connectivity index is 2.46. The molecule has 0 saturated carbocycles. The highest BCUT2D eigenvalue weighted by Gasteiger charge is 2.14. The van der Waals surface area contributed by atoms with E-state index in [0.717, 1.165) is 12.0 Å². The first-order valence-corrected chi connectivity index (χ1v) is 9.50. The van der Waals surface area contributed by atoms with E-state index < -0.39 is 10.0 Å². The Labute approximate surface area is 140 Å². The molecular formula is C17H29NO4S. The Morgan fingerprint density at radius 2 is 1.74 bits per heavy atom. The monoisotopic (exact) mass is 343 g/mol. The van der Waals surface area contributed by atoms with E-state index in [-0.39, 0.29) is 11.2 Å². The van der Waals surface area contributed by atoms with E-state index in [1.165, 1.54) is 0 Å². The van der Waals surface area contributed by atoms with Crippen LogP contribution in [0.1, 0.15) is 39.2 Å². The number of sulfonamides is 1. The lowest BCUT2D eigenvalue weighted by atomic mass is 9.91. The largest absolute Gasteiger partial charge is 0.493 e. The first kappa shape index (κ1) is 19.8. The van der Waals surface area contributed by atoms with Crippen molar-refractivity contribution in [2.24, 2.45) is 5.41 Å². The number of methoxy groups -OCH3 is 2. The van der Waals surface area contributed by atoms with Crippen molar-refractivity contribution in [2.45, 2.75) is 40.0 Å². The van der Waals surface area contributed by atoms with Crippen molar-refractivity contribution in [1.29, 1.82) is 0 Å². The number of hydrogen-bond acceptors (Lipinski definition) is 4. The molecule has 6 heteroatoms. The van der Waals surface area contributed by atoms with E-state index in [1.54, 1.807) is 14.2 Å². The summed E-state index contributed by atoms with van der Waals surface area (Å²) >= 11 is 0. The summed E-state index contributed by atoms with van der Waals surface area (Å²) in [5.41, 5.74) is 1.16. The lowest BCUT2D eigenvalue weighted by Crippen LogP contribution is -2.28. The van der Waals surface area contributed by atoms with E-state index in [2.05, 4.69) is 25.5 Å². The lowest BCUT2D eigenvalue weighted by Gasteiger charge is -2.17. The summed E-state index contributed by atoms with van der Waals surface area (Å²) in [7, 11) is -0.0392. The van der Waals surface area contributed by atoms with Gasteiger partial charge in [0.1, 0.15) is 0 Å². The molecule has 1 rings (SSSR count). The van der Waals surface area contributed by atoms with Crippen LogP contribution in [-0.4, -0.2) is 34.9 Å². The predicted octanol–water partition coefficient (Wildman–Crippen LogP) is 2.99. The van der Waals surface area contributed by atoms with Gasteiger partial charge in [-0.1, -0.05) is 26.8 Å². The fourth-order valence-corrected chi connectivity index (χ4v) is 3.33. The summed E-state index contributed by atoms with van der Waals surface area (Å²) in [5, 5.41) is 0. The van der Waals surface area contributed by atoms with Gasteiger partial charge in [0.25, 0.3) is 0 Å². The van der Waals surface area contributed by atoms with E-state index in [4.69, 9.17) is 9.47 Å². The van der Waals surface area contributed by atoms with Crippen LogP contribution in [0.2, 0.25) is 0 Å². The molecule has 0 aromatic heterocycles. The Kier molecular flexibility index (Phi) is 7.35. The molecular weight excluding hydrogens is 314 g/mol. The second kappa shape index (κ2) is 8.55. The maximum Gasteiger partial charge on any atom is 0.211 e. The quantitative estimate of drug-likeness (QED) is 0.748. The molecule has 0 bridgehead atoms. The van der Waals surface area contributed by atoms with Crippen molar-refractivity contribution in [2.75, 3.05) is 26.5 Å². The van der Waals surface area contributed by atoms with E-state index in [0.29, 0.717) is 30.9 Å². The fourth-order valence-electron chi connectivity index (χ4n) is 2.25. The number of nitrogens with one attached hydrogen (secondary N) is 1. The van der Waals surface area contributed by atoms with Crippen LogP contribution in [0, 0.1) is 5.41 Å². The van der Waals surface area contributed by atoms with Gasteiger partial charge in [-0.25, -0.2) is 13.1 Å². The number of benzene rings is 1. The second-order valence-electron chi connectivity index (χ2n) is 6.82. The number of hydrogen-bond donors (Lipinski definition) is 1. The van der Waals surface area contributed by atoms with Crippen molar-refractivity contribution >= 4 is 10.0 Å². The van der Waals surface area contributed by atoms with Crippen molar-refractivity contribution in [3.63, 3.8) is 0 Å². The normalized spacial score (nSPS) is 12.2. The minimum atomic E-state index is -3.21. The molecule has 0 radical (unpaired) electrons. The smallest absolute Gasteiger partial charge is 0.211 e. The molecule has 1 N–H and O–H groups in total. The van der Waals surface area contributed by atoms with Gasteiger partial charge < -0.3 is 9.47 Å². The minimum absolute atomic E-state index is 0.162. The third kappa shape index (κ3) is 7.70. The molecule has 0 fully saturated rings. The summed E-state index contributed by atoms with van der Waals surface area (Å²) in [5.74, 6) is 1.49. The molecule has 0 heterocycles. The predicted molar refractivity (Wildman–Crippen MR) is 93.7 cm³/mol. The van der Waals surface area contributed by atoms with Crippen LogP contribution < -0.4 is 14.2 Å². The van der Waals surface area contributed by atoms with Crippen LogP contribution in [0.3, 0.4) is 0 Å². The molecule has 1 aromatic rings. The highest BCUT2D eigenvalue weighted by atomic mass is 32.2. The summed E-state index contributed by atoms with van der Waals surface area (Å²) in [6, 6.07) is 5.61. The van der Waals surface area contributed by atoms with Crippen molar-refractivity contribution in [1.82, 2.24) is 4.72 Å². The molecule has 0 atom stereocenters. The summed E-state index contributed by atoms with van der Waals surface area (Å²) in [6.45, 7) is 6.73. The Hall–Kier alpha value is -1.27. The fraction of sp³-hybridized carbons (Fsp3) is 0.647. The topological polar surface area (TPSA) is 64.6 Å². The van der Waals surface area contributed by atoms with Crippen LogP contribution in [0.4, 0.5) is 0 Å². The molecule has 0 aliphatic carbocycles. The van der Waals surface area contributed by atoms with Crippen LogP contribution in [0.15, 0.2) is 18.2 Å². The number of rotatable bonds is 9. The van der Waals surface area contributed by atoms with Gasteiger partial charge in [-0.05, 0) is 42.4 Å². The molecule has 0 aliphatic rings. The SMILES string of the molecule is COc1ccc(CCNS(=O)(=O)CCCC(C)(C)C)cc1OC. The van der Waals surface area contributed by atoms with E-state index in [9.17, 15) is 8.42 Å². The van der Waals surface area contributed by atoms with Gasteiger partial charge in [-0.3, -0.25) is 0 Å². The molecule has 1 aromatic carbocycles. The van der Waals surface area contributed by atoms with Gasteiger partial charge in [0.2, 0.25) is 10.0 Å². The molecule has 0 aliphatic heterocycles.